The number of phenols is 1. The minimum atomic E-state index is -0.105. The number of aliphatic imine (C=N–C) groups is 1. The third-order valence-electron chi connectivity index (χ3n) is 2.51. The summed E-state index contributed by atoms with van der Waals surface area (Å²) in [6, 6.07) is 11.0. The Bertz CT molecular complexity index is 585. The summed E-state index contributed by atoms with van der Waals surface area (Å²) in [5.41, 5.74) is 2.72. The molecule has 0 fully saturated rings. The number of nitrogens with zero attached hydrogens (tertiary/aromatic N) is 1. The average Bonchev–Trinajstić information content (AvgIpc) is 2.35. The van der Waals surface area contributed by atoms with E-state index in [4.69, 9.17) is 23.2 Å². The molecule has 1 N–H and O–H groups in total. The maximum Gasteiger partial charge on any atom is 0.152 e. The van der Waals surface area contributed by atoms with E-state index in [1.54, 1.807) is 18.3 Å². The Morgan fingerprint density at radius 1 is 1.11 bits per heavy atom. The highest BCUT2D eigenvalue weighted by Gasteiger charge is 2.05. The van der Waals surface area contributed by atoms with Gasteiger partial charge in [0.2, 0.25) is 0 Å². The van der Waals surface area contributed by atoms with Crippen molar-refractivity contribution in [3.8, 4) is 5.75 Å². The molecule has 0 aliphatic rings. The molecule has 0 atom stereocenters. The van der Waals surface area contributed by atoms with E-state index in [1.807, 2.05) is 31.2 Å². The molecule has 4 heteroatoms. The Kier molecular flexibility index (Phi) is 3.90. The van der Waals surface area contributed by atoms with Gasteiger partial charge in [0, 0.05) is 6.21 Å². The van der Waals surface area contributed by atoms with Gasteiger partial charge in [0.1, 0.15) is 0 Å². The van der Waals surface area contributed by atoms with E-state index >= 15 is 0 Å². The summed E-state index contributed by atoms with van der Waals surface area (Å²) in [5, 5.41) is 9.88. The molecule has 0 bridgehead atoms. The van der Waals surface area contributed by atoms with Gasteiger partial charge in [-0.15, -0.1) is 0 Å². The minimum Gasteiger partial charge on any atom is -0.505 e. The summed E-state index contributed by atoms with van der Waals surface area (Å²) in [4.78, 5) is 4.36. The van der Waals surface area contributed by atoms with Crippen LogP contribution in [-0.4, -0.2) is 11.3 Å². The molecule has 0 aromatic heterocycles. The Morgan fingerprint density at radius 2 is 1.72 bits per heavy atom. The molecule has 0 spiro atoms. The molecule has 2 rings (SSSR count). The Labute approximate surface area is 116 Å². The Morgan fingerprint density at radius 3 is 2.33 bits per heavy atom. The van der Waals surface area contributed by atoms with Crippen LogP contribution in [0, 0.1) is 6.92 Å². The van der Waals surface area contributed by atoms with Gasteiger partial charge < -0.3 is 5.11 Å². The number of aryl methyl sites for hydroxylation is 1. The fourth-order valence-corrected chi connectivity index (χ4v) is 2.02. The molecule has 2 aromatic rings. The SMILES string of the molecule is Cc1ccccc1N=Cc1cc(Cl)c(O)c(Cl)c1. The van der Waals surface area contributed by atoms with E-state index in [2.05, 4.69) is 4.99 Å². The van der Waals surface area contributed by atoms with Gasteiger partial charge in [-0.05, 0) is 36.2 Å². The Balaban J connectivity index is 2.33. The van der Waals surface area contributed by atoms with E-state index in [9.17, 15) is 5.11 Å². The zero-order chi connectivity index (χ0) is 13.1. The molecule has 0 aliphatic heterocycles. The van der Waals surface area contributed by atoms with Crippen LogP contribution in [0.1, 0.15) is 11.1 Å². The van der Waals surface area contributed by atoms with Gasteiger partial charge >= 0.3 is 0 Å². The smallest absolute Gasteiger partial charge is 0.152 e. The molecule has 0 saturated heterocycles. The standard InChI is InChI=1S/C14H11Cl2NO/c1-9-4-2-3-5-13(9)17-8-10-6-11(15)14(18)12(16)7-10/h2-8,18H,1H3. The van der Waals surface area contributed by atoms with Crippen molar-refractivity contribution in [2.75, 3.05) is 0 Å². The lowest BCUT2D eigenvalue weighted by molar-refractivity contribution is 0.476. The lowest BCUT2D eigenvalue weighted by atomic mass is 10.2. The molecule has 92 valence electrons. The van der Waals surface area contributed by atoms with Crippen molar-refractivity contribution in [3.63, 3.8) is 0 Å². The molecule has 0 heterocycles. The minimum absolute atomic E-state index is 0.105. The zero-order valence-electron chi connectivity index (χ0n) is 9.69. The van der Waals surface area contributed by atoms with Crippen LogP contribution in [0.4, 0.5) is 5.69 Å². The molecule has 18 heavy (non-hydrogen) atoms. The molecule has 0 amide bonds. The van der Waals surface area contributed by atoms with Crippen LogP contribution in [0.2, 0.25) is 10.0 Å². The molecule has 2 aromatic carbocycles. The van der Waals surface area contributed by atoms with Crippen LogP contribution >= 0.6 is 23.2 Å². The quantitative estimate of drug-likeness (QED) is 0.790. The highest BCUT2D eigenvalue weighted by molar-refractivity contribution is 6.37. The molecular formula is C14H11Cl2NO. The normalized spacial score (nSPS) is 11.1. The first-order chi connectivity index (χ1) is 8.58. The van der Waals surface area contributed by atoms with Gasteiger partial charge in [0.15, 0.2) is 5.75 Å². The first kappa shape index (κ1) is 12.9. The van der Waals surface area contributed by atoms with Gasteiger partial charge in [-0.1, -0.05) is 41.4 Å². The van der Waals surface area contributed by atoms with Gasteiger partial charge in [-0.2, -0.15) is 0 Å². The third-order valence-corrected chi connectivity index (χ3v) is 3.08. The summed E-state index contributed by atoms with van der Waals surface area (Å²) in [7, 11) is 0. The van der Waals surface area contributed by atoms with Gasteiger partial charge in [-0.25, -0.2) is 0 Å². The van der Waals surface area contributed by atoms with Crippen LogP contribution in [0.25, 0.3) is 0 Å². The van der Waals surface area contributed by atoms with Gasteiger partial charge in [0.25, 0.3) is 0 Å². The topological polar surface area (TPSA) is 32.6 Å². The number of halogens is 2. The second-order valence-corrected chi connectivity index (χ2v) is 4.69. The second kappa shape index (κ2) is 5.42. The van der Waals surface area contributed by atoms with Crippen molar-refractivity contribution in [1.82, 2.24) is 0 Å². The zero-order valence-corrected chi connectivity index (χ0v) is 11.2. The van der Waals surface area contributed by atoms with E-state index in [1.165, 1.54) is 0 Å². The van der Waals surface area contributed by atoms with E-state index < -0.39 is 0 Å². The highest BCUT2D eigenvalue weighted by atomic mass is 35.5. The maximum atomic E-state index is 9.45. The molecule has 0 saturated carbocycles. The van der Waals surface area contributed by atoms with Crippen molar-refractivity contribution in [2.24, 2.45) is 4.99 Å². The van der Waals surface area contributed by atoms with Crippen molar-refractivity contribution < 1.29 is 5.11 Å². The second-order valence-electron chi connectivity index (χ2n) is 3.88. The van der Waals surface area contributed by atoms with Gasteiger partial charge in [0.05, 0.1) is 15.7 Å². The number of para-hydroxylation sites is 1. The fourth-order valence-electron chi connectivity index (χ4n) is 1.51. The number of benzene rings is 2. The lowest BCUT2D eigenvalue weighted by Gasteiger charge is -2.02. The van der Waals surface area contributed by atoms with Crippen molar-refractivity contribution >= 4 is 35.1 Å². The predicted octanol–water partition coefficient (Wildman–Crippen LogP) is 4.76. The van der Waals surface area contributed by atoms with Crippen LogP contribution in [-0.2, 0) is 0 Å². The highest BCUT2D eigenvalue weighted by Crippen LogP contribution is 2.32. The first-order valence-corrected chi connectivity index (χ1v) is 6.11. The predicted molar refractivity (Wildman–Crippen MR) is 76.6 cm³/mol. The average molecular weight is 280 g/mol. The molecule has 2 nitrogen and oxygen atoms in total. The monoisotopic (exact) mass is 279 g/mol. The van der Waals surface area contributed by atoms with Gasteiger partial charge in [-0.3, -0.25) is 4.99 Å². The van der Waals surface area contributed by atoms with Crippen molar-refractivity contribution in [2.45, 2.75) is 6.92 Å². The van der Waals surface area contributed by atoms with E-state index in [0.29, 0.717) is 0 Å². The van der Waals surface area contributed by atoms with Crippen molar-refractivity contribution in [1.29, 1.82) is 0 Å². The number of hydrogen-bond donors (Lipinski definition) is 1. The summed E-state index contributed by atoms with van der Waals surface area (Å²) in [5.74, 6) is -0.105. The van der Waals surface area contributed by atoms with Crippen LogP contribution in [0.15, 0.2) is 41.4 Å². The maximum absolute atomic E-state index is 9.45. The fraction of sp³-hybridized carbons (Fsp3) is 0.0714. The first-order valence-electron chi connectivity index (χ1n) is 5.35. The molecule has 0 radical (unpaired) electrons. The molecule has 0 aliphatic carbocycles. The van der Waals surface area contributed by atoms with E-state index in [0.717, 1.165) is 16.8 Å². The lowest BCUT2D eigenvalue weighted by Crippen LogP contribution is -1.83. The summed E-state index contributed by atoms with van der Waals surface area (Å²) in [6.45, 7) is 1.99. The summed E-state index contributed by atoms with van der Waals surface area (Å²) >= 11 is 11.7. The van der Waals surface area contributed by atoms with Crippen LogP contribution in [0.3, 0.4) is 0 Å². The number of phenolic OH excluding ortho intramolecular Hbond substituents is 1. The summed E-state index contributed by atoms with van der Waals surface area (Å²) < 4.78 is 0. The van der Waals surface area contributed by atoms with Crippen LogP contribution in [0.5, 0.6) is 5.75 Å². The van der Waals surface area contributed by atoms with E-state index in [-0.39, 0.29) is 15.8 Å². The molecular weight excluding hydrogens is 269 g/mol. The third kappa shape index (κ3) is 2.84. The van der Waals surface area contributed by atoms with Crippen molar-refractivity contribution in [3.05, 3.63) is 57.6 Å². The molecule has 0 unspecified atom stereocenters. The summed E-state index contributed by atoms with van der Waals surface area (Å²) in [6.07, 6.45) is 1.67. The number of hydrogen-bond acceptors (Lipinski definition) is 2. The Hall–Kier alpha value is -1.51. The van der Waals surface area contributed by atoms with Crippen LogP contribution < -0.4 is 0 Å². The largest absolute Gasteiger partial charge is 0.505 e. The number of aromatic hydroxyl groups is 1. The number of rotatable bonds is 2.